The Bertz CT molecular complexity index is 1270. The van der Waals surface area contributed by atoms with Gasteiger partial charge in [0, 0.05) is 63.9 Å². The van der Waals surface area contributed by atoms with Gasteiger partial charge >= 0.3 is 0 Å². The van der Waals surface area contributed by atoms with Crippen LogP contribution in [0.3, 0.4) is 0 Å². The van der Waals surface area contributed by atoms with Crippen LogP contribution in [0.4, 0.5) is 10.9 Å². The molecule has 0 bridgehead atoms. The number of amides is 3. The van der Waals surface area contributed by atoms with Crippen LogP contribution in [0, 0.1) is 6.92 Å². The Morgan fingerprint density at radius 1 is 0.972 bits per heavy atom. The van der Waals surface area contributed by atoms with Gasteiger partial charge in [-0.3, -0.25) is 19.7 Å². The number of carbonyl (C=O) groups excluding carboxylic acids is 3. The highest BCUT2D eigenvalue weighted by Crippen LogP contribution is 2.36. The van der Waals surface area contributed by atoms with E-state index in [-0.39, 0.29) is 17.7 Å². The molecule has 0 aliphatic carbocycles. The summed E-state index contributed by atoms with van der Waals surface area (Å²) in [7, 11) is 3.78. The first kappa shape index (κ1) is 25.6. The van der Waals surface area contributed by atoms with E-state index in [0.29, 0.717) is 42.4 Å². The number of hydrogen-bond donors (Lipinski definition) is 1. The molecule has 3 aromatic rings. The summed E-state index contributed by atoms with van der Waals surface area (Å²) in [6.45, 7) is 5.72. The van der Waals surface area contributed by atoms with Crippen LogP contribution in [0.25, 0.3) is 0 Å². The van der Waals surface area contributed by atoms with Gasteiger partial charge in [-0.05, 0) is 36.8 Å². The number of nitrogens with zero attached hydrogens (tertiary/aromatic N) is 5. The van der Waals surface area contributed by atoms with E-state index in [4.69, 9.17) is 0 Å². The number of rotatable bonds is 6. The summed E-state index contributed by atoms with van der Waals surface area (Å²) >= 11 is 2.88. The largest absolute Gasteiger partial charge is 0.363 e. The molecule has 0 unspecified atom stereocenters. The molecule has 188 valence electrons. The normalized spacial score (nSPS) is 13.4. The molecular weight excluding hydrogens is 496 g/mol. The SMILES string of the molecule is CC(=O)N1CCN(C(=O)c2ccc(C)c(Sc3cnc(NC(=O)c4ccc(N(C)C)nc4)s3)c2)CC1. The number of aromatic nitrogens is 2. The lowest BCUT2D eigenvalue weighted by Gasteiger charge is -2.34. The van der Waals surface area contributed by atoms with Crippen LogP contribution in [-0.4, -0.2) is 77.8 Å². The third kappa shape index (κ3) is 6.03. The van der Waals surface area contributed by atoms with E-state index in [1.54, 1.807) is 41.2 Å². The molecule has 0 radical (unpaired) electrons. The fourth-order valence-electron chi connectivity index (χ4n) is 3.68. The molecule has 1 fully saturated rings. The monoisotopic (exact) mass is 524 g/mol. The highest BCUT2D eigenvalue weighted by atomic mass is 32.2. The quantitative estimate of drug-likeness (QED) is 0.526. The van der Waals surface area contributed by atoms with Crippen molar-refractivity contribution in [3.8, 4) is 0 Å². The highest BCUT2D eigenvalue weighted by Gasteiger charge is 2.24. The molecule has 2 aromatic heterocycles. The van der Waals surface area contributed by atoms with Gasteiger partial charge in [-0.25, -0.2) is 9.97 Å². The van der Waals surface area contributed by atoms with Crippen molar-refractivity contribution in [2.45, 2.75) is 23.0 Å². The Balaban J connectivity index is 1.40. The molecule has 0 spiro atoms. The molecular formula is C25H28N6O3S2. The zero-order valence-electron chi connectivity index (χ0n) is 20.6. The van der Waals surface area contributed by atoms with Gasteiger partial charge in [-0.15, -0.1) is 0 Å². The molecule has 1 aliphatic rings. The van der Waals surface area contributed by atoms with Gasteiger partial charge in [0.15, 0.2) is 5.13 Å². The molecule has 36 heavy (non-hydrogen) atoms. The summed E-state index contributed by atoms with van der Waals surface area (Å²) in [5.74, 6) is 0.502. The Labute approximate surface area is 218 Å². The van der Waals surface area contributed by atoms with E-state index < -0.39 is 0 Å². The minimum Gasteiger partial charge on any atom is -0.363 e. The molecule has 1 saturated heterocycles. The number of benzene rings is 1. The number of aryl methyl sites for hydroxylation is 1. The van der Waals surface area contributed by atoms with Crippen LogP contribution >= 0.6 is 23.1 Å². The third-order valence-electron chi connectivity index (χ3n) is 5.83. The van der Waals surface area contributed by atoms with Gasteiger partial charge in [0.2, 0.25) is 5.91 Å². The van der Waals surface area contributed by atoms with Gasteiger partial charge in [-0.1, -0.05) is 29.2 Å². The standard InChI is InChI=1S/C25H28N6O3S2/c1-16-5-6-18(24(34)31-11-9-30(10-12-31)17(2)32)13-20(16)35-22-15-27-25(36-22)28-23(33)19-7-8-21(26-14-19)29(3)4/h5-8,13-15H,9-12H2,1-4H3,(H,27,28,33). The van der Waals surface area contributed by atoms with Gasteiger partial charge < -0.3 is 14.7 Å². The molecule has 0 saturated carbocycles. The number of anilines is 2. The van der Waals surface area contributed by atoms with Gasteiger partial charge in [0.1, 0.15) is 5.82 Å². The second kappa shape index (κ2) is 11.1. The lowest BCUT2D eigenvalue weighted by molar-refractivity contribution is -0.130. The van der Waals surface area contributed by atoms with Crippen molar-refractivity contribution in [2.75, 3.05) is 50.5 Å². The van der Waals surface area contributed by atoms with Crippen molar-refractivity contribution in [3.05, 3.63) is 59.4 Å². The Morgan fingerprint density at radius 3 is 2.31 bits per heavy atom. The predicted octanol–water partition coefficient (Wildman–Crippen LogP) is 3.62. The van der Waals surface area contributed by atoms with Crippen molar-refractivity contribution in [1.29, 1.82) is 0 Å². The number of piperazine rings is 1. The average Bonchev–Trinajstić information content (AvgIpc) is 3.31. The third-order valence-corrected chi connectivity index (χ3v) is 8.00. The summed E-state index contributed by atoms with van der Waals surface area (Å²) < 4.78 is 0.897. The number of hydrogen-bond acceptors (Lipinski definition) is 8. The van der Waals surface area contributed by atoms with Crippen molar-refractivity contribution in [2.24, 2.45) is 0 Å². The Hall–Kier alpha value is -3.44. The maximum absolute atomic E-state index is 13.1. The number of thiazole rings is 1. The topological polar surface area (TPSA) is 98.7 Å². The summed E-state index contributed by atoms with van der Waals surface area (Å²) in [4.78, 5) is 52.2. The second-order valence-corrected chi connectivity index (χ2v) is 11.0. The van der Waals surface area contributed by atoms with Crippen molar-refractivity contribution in [1.82, 2.24) is 19.8 Å². The molecule has 1 N–H and O–H groups in total. The van der Waals surface area contributed by atoms with Crippen molar-refractivity contribution >= 4 is 51.8 Å². The minimum absolute atomic E-state index is 0.0359. The molecule has 11 heteroatoms. The maximum atomic E-state index is 13.1. The summed E-state index contributed by atoms with van der Waals surface area (Å²) in [6.07, 6.45) is 3.26. The van der Waals surface area contributed by atoms with Crippen LogP contribution in [0.15, 0.2) is 51.8 Å². The first-order valence-electron chi connectivity index (χ1n) is 11.4. The molecule has 4 rings (SSSR count). The fraction of sp³-hybridized carbons (Fsp3) is 0.320. The first-order chi connectivity index (χ1) is 17.2. The predicted molar refractivity (Wildman–Crippen MR) is 142 cm³/mol. The van der Waals surface area contributed by atoms with Crippen LogP contribution in [0.5, 0.6) is 0 Å². The molecule has 1 aromatic carbocycles. The van der Waals surface area contributed by atoms with E-state index in [1.807, 2.05) is 44.1 Å². The number of pyridine rings is 1. The summed E-state index contributed by atoms with van der Waals surface area (Å²) in [5, 5.41) is 3.32. The van der Waals surface area contributed by atoms with Crippen LogP contribution in [0.2, 0.25) is 0 Å². The summed E-state index contributed by atoms with van der Waals surface area (Å²) in [5.41, 5.74) is 2.12. The molecule has 1 aliphatic heterocycles. The van der Waals surface area contributed by atoms with Crippen LogP contribution in [0.1, 0.15) is 33.2 Å². The number of carbonyl (C=O) groups is 3. The average molecular weight is 525 g/mol. The maximum Gasteiger partial charge on any atom is 0.259 e. The van der Waals surface area contributed by atoms with E-state index >= 15 is 0 Å². The minimum atomic E-state index is -0.271. The first-order valence-corrected chi connectivity index (χ1v) is 13.1. The zero-order valence-corrected chi connectivity index (χ0v) is 22.3. The van der Waals surface area contributed by atoms with Gasteiger partial charge in [-0.2, -0.15) is 0 Å². The van der Waals surface area contributed by atoms with Crippen LogP contribution in [-0.2, 0) is 4.79 Å². The lowest BCUT2D eigenvalue weighted by atomic mass is 10.1. The molecule has 0 atom stereocenters. The van der Waals surface area contributed by atoms with Crippen molar-refractivity contribution in [3.63, 3.8) is 0 Å². The molecule has 9 nitrogen and oxygen atoms in total. The van der Waals surface area contributed by atoms with Crippen molar-refractivity contribution < 1.29 is 14.4 Å². The second-order valence-electron chi connectivity index (χ2n) is 8.62. The fourth-order valence-corrected chi connectivity index (χ4v) is 5.63. The zero-order chi connectivity index (χ0) is 25.8. The van der Waals surface area contributed by atoms with Crippen LogP contribution < -0.4 is 10.2 Å². The summed E-state index contributed by atoms with van der Waals surface area (Å²) in [6, 6.07) is 9.20. The van der Waals surface area contributed by atoms with E-state index in [0.717, 1.165) is 20.5 Å². The van der Waals surface area contributed by atoms with Gasteiger partial charge in [0.05, 0.1) is 16.0 Å². The Kier molecular flexibility index (Phi) is 7.90. The van der Waals surface area contributed by atoms with E-state index in [9.17, 15) is 14.4 Å². The van der Waals surface area contributed by atoms with E-state index in [2.05, 4.69) is 15.3 Å². The Morgan fingerprint density at radius 2 is 1.67 bits per heavy atom. The smallest absolute Gasteiger partial charge is 0.259 e. The molecule has 3 amide bonds. The lowest BCUT2D eigenvalue weighted by Crippen LogP contribution is -2.50. The molecule has 3 heterocycles. The number of nitrogens with one attached hydrogen (secondary N) is 1. The van der Waals surface area contributed by atoms with E-state index in [1.165, 1.54) is 23.1 Å². The van der Waals surface area contributed by atoms with Gasteiger partial charge in [0.25, 0.3) is 11.8 Å². The highest BCUT2D eigenvalue weighted by molar-refractivity contribution is 8.01.